The lowest BCUT2D eigenvalue weighted by atomic mass is 9.90. The van der Waals surface area contributed by atoms with Gasteiger partial charge in [0.25, 0.3) is 0 Å². The van der Waals surface area contributed by atoms with Gasteiger partial charge in [0.05, 0.1) is 11.5 Å². The van der Waals surface area contributed by atoms with Gasteiger partial charge in [-0.2, -0.15) is 5.26 Å². The van der Waals surface area contributed by atoms with Gasteiger partial charge < -0.3 is 5.32 Å². The highest BCUT2D eigenvalue weighted by molar-refractivity contribution is 7.99. The van der Waals surface area contributed by atoms with Crippen molar-refractivity contribution in [3.63, 3.8) is 0 Å². The lowest BCUT2D eigenvalue weighted by molar-refractivity contribution is 0.448. The molecule has 1 aromatic carbocycles. The number of hydrogen-bond acceptors (Lipinski definition) is 3. The van der Waals surface area contributed by atoms with Crippen LogP contribution in [0.4, 0.5) is 0 Å². The van der Waals surface area contributed by atoms with E-state index < -0.39 is 0 Å². The van der Waals surface area contributed by atoms with Gasteiger partial charge >= 0.3 is 0 Å². The van der Waals surface area contributed by atoms with E-state index in [0.29, 0.717) is 5.92 Å². The molecule has 0 bridgehead atoms. The van der Waals surface area contributed by atoms with Crippen LogP contribution in [0.2, 0.25) is 0 Å². The van der Waals surface area contributed by atoms with Crippen LogP contribution in [-0.4, -0.2) is 12.3 Å². The molecule has 0 aliphatic carbocycles. The van der Waals surface area contributed by atoms with E-state index in [1.54, 1.807) is 0 Å². The quantitative estimate of drug-likeness (QED) is 0.523. The van der Waals surface area contributed by atoms with Crippen molar-refractivity contribution >= 4 is 11.8 Å². The fourth-order valence-corrected chi connectivity index (χ4v) is 2.82. The molecular formula is C18H28N2S. The molecule has 0 amide bonds. The maximum Gasteiger partial charge on any atom is 0.0683 e. The van der Waals surface area contributed by atoms with Crippen molar-refractivity contribution < 1.29 is 0 Å². The molecule has 0 aromatic heterocycles. The molecule has 2 nitrogen and oxygen atoms in total. The smallest absolute Gasteiger partial charge is 0.0683 e. The van der Waals surface area contributed by atoms with Gasteiger partial charge in [0.1, 0.15) is 0 Å². The molecule has 0 spiro atoms. The largest absolute Gasteiger partial charge is 0.312 e. The van der Waals surface area contributed by atoms with Gasteiger partial charge in [-0.25, -0.2) is 0 Å². The third-order valence-electron chi connectivity index (χ3n) is 3.32. The van der Waals surface area contributed by atoms with E-state index in [1.807, 2.05) is 25.6 Å². The molecule has 3 heteroatoms. The van der Waals surface area contributed by atoms with Crippen LogP contribution in [0.15, 0.2) is 29.2 Å². The van der Waals surface area contributed by atoms with E-state index in [4.69, 9.17) is 5.26 Å². The first-order chi connectivity index (χ1) is 9.93. The summed E-state index contributed by atoms with van der Waals surface area (Å²) in [4.78, 5) is 1.32. The van der Waals surface area contributed by atoms with Crippen molar-refractivity contribution in [1.29, 1.82) is 5.26 Å². The summed E-state index contributed by atoms with van der Waals surface area (Å²) in [7, 11) is 0. The number of nitrogens with one attached hydrogen (secondary N) is 1. The molecule has 116 valence electrons. The van der Waals surface area contributed by atoms with Gasteiger partial charge in [0.2, 0.25) is 0 Å². The Hall–Kier alpha value is -0.980. The normalized spacial score (nSPS) is 11.6. The van der Waals surface area contributed by atoms with Crippen molar-refractivity contribution in [1.82, 2.24) is 5.32 Å². The molecule has 0 saturated heterocycles. The minimum Gasteiger partial charge on any atom is -0.312 e. The maximum absolute atomic E-state index is 8.98. The zero-order chi connectivity index (χ0) is 15.7. The minimum absolute atomic E-state index is 0.188. The van der Waals surface area contributed by atoms with Crippen LogP contribution in [0.3, 0.4) is 0 Å². The third-order valence-corrected chi connectivity index (χ3v) is 4.42. The van der Waals surface area contributed by atoms with Crippen LogP contribution in [-0.2, 0) is 6.54 Å². The Morgan fingerprint density at radius 2 is 1.90 bits per heavy atom. The second-order valence-electron chi connectivity index (χ2n) is 6.62. The molecular weight excluding hydrogens is 276 g/mol. The zero-order valence-electron chi connectivity index (χ0n) is 13.8. The topological polar surface area (TPSA) is 35.8 Å². The Kier molecular flexibility index (Phi) is 7.85. The SMILES string of the molecule is CC(C)CNCc1ccc(SCCCC(C)(C)C#N)cc1. The Morgan fingerprint density at radius 1 is 1.24 bits per heavy atom. The van der Waals surface area contributed by atoms with Gasteiger partial charge in [-0.3, -0.25) is 0 Å². The van der Waals surface area contributed by atoms with E-state index in [2.05, 4.69) is 49.5 Å². The maximum atomic E-state index is 8.98. The summed E-state index contributed by atoms with van der Waals surface area (Å²) in [5.41, 5.74) is 1.15. The van der Waals surface area contributed by atoms with Gasteiger partial charge in [0, 0.05) is 11.4 Å². The number of nitriles is 1. The van der Waals surface area contributed by atoms with Crippen LogP contribution in [0.25, 0.3) is 0 Å². The Labute approximate surface area is 134 Å². The fraction of sp³-hybridized carbons (Fsp3) is 0.611. The fourth-order valence-electron chi connectivity index (χ4n) is 1.97. The zero-order valence-corrected chi connectivity index (χ0v) is 14.6. The highest BCUT2D eigenvalue weighted by atomic mass is 32.2. The third kappa shape index (κ3) is 8.14. The van der Waals surface area contributed by atoms with E-state index in [9.17, 15) is 0 Å². The average Bonchev–Trinajstić information content (AvgIpc) is 2.45. The van der Waals surface area contributed by atoms with Crippen LogP contribution in [0, 0.1) is 22.7 Å². The molecule has 0 aliphatic rings. The second kappa shape index (κ2) is 9.12. The van der Waals surface area contributed by atoms with E-state index >= 15 is 0 Å². The average molecular weight is 305 g/mol. The summed E-state index contributed by atoms with van der Waals surface area (Å²) in [6.45, 7) is 10.5. The molecule has 0 saturated carbocycles. The van der Waals surface area contributed by atoms with Crippen LogP contribution in [0.1, 0.15) is 46.1 Å². The van der Waals surface area contributed by atoms with Crippen molar-refractivity contribution in [3.8, 4) is 6.07 Å². The Bertz CT molecular complexity index is 443. The predicted octanol–water partition coefficient (Wildman–Crippen LogP) is 4.85. The van der Waals surface area contributed by atoms with Gasteiger partial charge in [-0.05, 0) is 62.6 Å². The van der Waals surface area contributed by atoms with E-state index in [-0.39, 0.29) is 5.41 Å². The monoisotopic (exact) mass is 304 g/mol. The summed E-state index contributed by atoms with van der Waals surface area (Å²) in [5, 5.41) is 12.4. The van der Waals surface area contributed by atoms with Crippen LogP contribution < -0.4 is 5.32 Å². The molecule has 1 aromatic rings. The predicted molar refractivity (Wildman–Crippen MR) is 92.3 cm³/mol. The molecule has 0 fully saturated rings. The summed E-state index contributed by atoms with van der Waals surface area (Å²) >= 11 is 1.88. The van der Waals surface area contributed by atoms with Crippen molar-refractivity contribution in [2.45, 2.75) is 52.0 Å². The molecule has 0 aliphatic heterocycles. The molecule has 0 unspecified atom stereocenters. The molecule has 0 atom stereocenters. The molecule has 0 radical (unpaired) electrons. The number of benzene rings is 1. The molecule has 21 heavy (non-hydrogen) atoms. The summed E-state index contributed by atoms with van der Waals surface area (Å²) in [5.74, 6) is 1.77. The Balaban J connectivity index is 2.27. The number of rotatable bonds is 9. The van der Waals surface area contributed by atoms with Crippen LogP contribution >= 0.6 is 11.8 Å². The summed E-state index contributed by atoms with van der Waals surface area (Å²) < 4.78 is 0. The second-order valence-corrected chi connectivity index (χ2v) is 7.78. The lowest BCUT2D eigenvalue weighted by Crippen LogP contribution is -2.18. The van der Waals surface area contributed by atoms with Gasteiger partial charge in [-0.15, -0.1) is 11.8 Å². The first kappa shape index (κ1) is 18.1. The van der Waals surface area contributed by atoms with E-state index in [1.165, 1.54) is 10.5 Å². The number of thioether (sulfide) groups is 1. The first-order valence-electron chi connectivity index (χ1n) is 7.76. The van der Waals surface area contributed by atoms with Crippen molar-refractivity contribution in [2.75, 3.05) is 12.3 Å². The molecule has 1 N–H and O–H groups in total. The van der Waals surface area contributed by atoms with Crippen molar-refractivity contribution in [2.24, 2.45) is 11.3 Å². The highest BCUT2D eigenvalue weighted by Gasteiger charge is 2.15. The minimum atomic E-state index is -0.188. The molecule has 0 heterocycles. The lowest BCUT2D eigenvalue weighted by Gasteiger charge is -2.14. The van der Waals surface area contributed by atoms with Gasteiger partial charge in [-0.1, -0.05) is 26.0 Å². The standard InChI is InChI=1S/C18H28N2S/c1-15(2)12-20-13-16-6-8-17(9-7-16)21-11-5-10-18(3,4)14-19/h6-9,15,20H,5,10-13H2,1-4H3. The van der Waals surface area contributed by atoms with E-state index in [0.717, 1.165) is 31.7 Å². The summed E-state index contributed by atoms with van der Waals surface area (Å²) in [6.07, 6.45) is 2.05. The Morgan fingerprint density at radius 3 is 2.48 bits per heavy atom. The van der Waals surface area contributed by atoms with Crippen LogP contribution in [0.5, 0.6) is 0 Å². The van der Waals surface area contributed by atoms with Crippen molar-refractivity contribution in [3.05, 3.63) is 29.8 Å². The summed E-state index contributed by atoms with van der Waals surface area (Å²) in [6, 6.07) is 11.2. The highest BCUT2D eigenvalue weighted by Crippen LogP contribution is 2.25. The first-order valence-corrected chi connectivity index (χ1v) is 8.75. The number of nitrogens with zero attached hydrogens (tertiary/aromatic N) is 1. The van der Waals surface area contributed by atoms with Gasteiger partial charge in [0.15, 0.2) is 0 Å². The number of hydrogen-bond donors (Lipinski definition) is 1. The molecule has 1 rings (SSSR count).